The summed E-state index contributed by atoms with van der Waals surface area (Å²) in [6.45, 7) is 27.3. The maximum Gasteiger partial charge on any atom is 0.417 e. The van der Waals surface area contributed by atoms with E-state index in [1.165, 1.54) is 43.5 Å². The van der Waals surface area contributed by atoms with Gasteiger partial charge in [-0.2, -0.15) is 52.7 Å². The van der Waals surface area contributed by atoms with E-state index in [1.807, 2.05) is 0 Å². The number of rotatable bonds is 27. The molecular weight excluding hydrogens is 1640 g/mol. The van der Waals surface area contributed by atoms with Crippen LogP contribution in [0.1, 0.15) is 146 Å². The molecule has 8 aromatic carbocycles. The number of nitrogens with zero attached hydrogens (tertiary/aromatic N) is 4. The maximum atomic E-state index is 13.1. The van der Waals surface area contributed by atoms with Gasteiger partial charge in [0.15, 0.2) is 0 Å². The van der Waals surface area contributed by atoms with E-state index in [9.17, 15) is 71.9 Å². The topological polar surface area (TPSA) is 166 Å². The molecule has 4 amide bonds. The first kappa shape index (κ1) is 96.1. The number of alkyl halides is 12. The molecule has 0 spiro atoms. The van der Waals surface area contributed by atoms with E-state index in [1.54, 1.807) is 100 Å². The highest BCUT2D eigenvalue weighted by molar-refractivity contribution is 6.32. The van der Waals surface area contributed by atoms with Crippen molar-refractivity contribution < 1.29 is 90.8 Å². The van der Waals surface area contributed by atoms with E-state index in [0.717, 1.165) is 133 Å². The van der Waals surface area contributed by atoms with E-state index in [2.05, 4.69) is 75.6 Å². The number of likely N-dealkylation sites (tertiary alicyclic amines) is 1. The van der Waals surface area contributed by atoms with E-state index in [4.69, 9.17) is 65.4 Å². The minimum absolute atomic E-state index is 0.00691. The number of nitrogens with one attached hydrogen (secondary N) is 4. The molecule has 0 bridgehead atoms. The summed E-state index contributed by atoms with van der Waals surface area (Å²) in [5.41, 5.74) is -0.0957. The van der Waals surface area contributed by atoms with Gasteiger partial charge in [-0.1, -0.05) is 129 Å². The molecule has 2 aliphatic heterocycles. The standard InChI is InChI=1S/C22H25ClF3N3O2.C22H24ClF3N2O2.C22H26ClF3N2O2.C20H21ClF3NO2/c1-15-4-3-5-19(31-13-12-29-10-8-28(2)9-11-29)20(15)21(30)27-16-6-7-18(23)17(14-16)22(24,25)26;1-15-6-5-7-19(30-13-12-28-10-3-2-4-11-28)20(15)21(29)27-16-8-9-18(23)17(14-16)22(24,25)26;1-4-28(5-2)12-7-13-30-19-9-6-8-15(3)20(19)21(29)27-16-10-11-18(23)17(14-16)22(24,25)26;1-12(2)9-10-27-17-6-4-5-13(3)18(17)19(26)25-14-7-8-16(21)15(11-14)20(22,23)24/h3-7,14H,8-13H2,1-2H3,(H,27,30);5-9,14H,2-4,10-13H2,1H3,(H,27,29);6,8-11,14H,4-5,7,12-13H2,1-3H3,(H,27,29);4-8,11-12H,9-10H2,1-3H3,(H,25,26). The fraction of sp³-hybridized carbons (Fsp3) is 0.395. The SMILES string of the molecule is CCN(CC)CCCOc1cccc(C)c1C(=O)Nc1ccc(Cl)c(C(F)(F)F)c1.Cc1cccc(OCCC(C)C)c1C(=O)Nc1ccc(Cl)c(C(F)(F)F)c1.Cc1cccc(OCCN2CCCCC2)c1C(=O)Nc1ccc(Cl)c(C(F)(F)F)c1.Cc1cccc(OCCN2CCN(C)CC2)c1C(=O)Nc1ccc(Cl)c(C(F)(F)F)c1. The van der Waals surface area contributed by atoms with Crippen molar-refractivity contribution in [2.45, 2.75) is 112 Å². The van der Waals surface area contributed by atoms with Crippen LogP contribution in [-0.4, -0.2) is 149 Å². The number of anilines is 4. The molecule has 640 valence electrons. The highest BCUT2D eigenvalue weighted by Gasteiger charge is 2.37. The highest BCUT2D eigenvalue weighted by atomic mass is 35.5. The summed E-state index contributed by atoms with van der Waals surface area (Å²) in [5, 5.41) is 8.40. The lowest BCUT2D eigenvalue weighted by Crippen LogP contribution is -2.45. The molecule has 0 aromatic heterocycles. The Balaban J connectivity index is 0.000000217. The van der Waals surface area contributed by atoms with E-state index >= 15 is 0 Å². The number of hydrogen-bond acceptors (Lipinski definition) is 12. The number of amides is 4. The normalized spacial score (nSPS) is 13.6. The lowest BCUT2D eigenvalue weighted by Gasteiger charge is -2.32. The third-order valence-corrected chi connectivity index (χ3v) is 20.4. The second-order valence-electron chi connectivity index (χ2n) is 28.4. The molecule has 0 unspecified atom stereocenters. The first-order valence-corrected chi connectivity index (χ1v) is 39.7. The zero-order valence-corrected chi connectivity index (χ0v) is 69.7. The Morgan fingerprint density at radius 3 is 0.958 bits per heavy atom. The number of piperazine rings is 1. The van der Waals surface area contributed by atoms with Gasteiger partial charge in [0.1, 0.15) is 36.2 Å². The molecule has 2 fully saturated rings. The van der Waals surface area contributed by atoms with Crippen molar-refractivity contribution >= 4 is 92.8 Å². The summed E-state index contributed by atoms with van der Waals surface area (Å²) in [7, 11) is 2.09. The summed E-state index contributed by atoms with van der Waals surface area (Å²) in [5.74, 6) is -0.0895. The molecule has 10 rings (SSSR count). The first-order chi connectivity index (χ1) is 55.7. The lowest BCUT2D eigenvalue weighted by molar-refractivity contribution is -0.138. The Bertz CT molecular complexity index is 4670. The molecule has 0 atom stereocenters. The van der Waals surface area contributed by atoms with Crippen molar-refractivity contribution in [2.75, 3.05) is 127 Å². The van der Waals surface area contributed by atoms with E-state index < -0.39 is 90.7 Å². The van der Waals surface area contributed by atoms with Gasteiger partial charge in [-0.15, -0.1) is 0 Å². The fourth-order valence-corrected chi connectivity index (χ4v) is 13.4. The first-order valence-electron chi connectivity index (χ1n) is 38.1. The molecule has 2 heterocycles. The number of aryl methyl sites for hydroxylation is 4. The van der Waals surface area contributed by atoms with Crippen molar-refractivity contribution in [1.29, 1.82) is 0 Å². The van der Waals surface area contributed by atoms with Gasteiger partial charge in [0.25, 0.3) is 23.6 Å². The Labute approximate surface area is 699 Å². The lowest BCUT2D eigenvalue weighted by atomic mass is 10.1. The summed E-state index contributed by atoms with van der Waals surface area (Å²) in [4.78, 5) is 60.4. The Morgan fingerprint density at radius 1 is 0.398 bits per heavy atom. The number of benzene rings is 8. The third-order valence-electron chi connectivity index (χ3n) is 19.1. The molecule has 0 aliphatic carbocycles. The van der Waals surface area contributed by atoms with Crippen LogP contribution in [0.25, 0.3) is 0 Å². The van der Waals surface area contributed by atoms with Crippen LogP contribution in [0.2, 0.25) is 20.1 Å². The average Bonchev–Trinajstić information content (AvgIpc) is 0.822. The predicted octanol–water partition coefficient (Wildman–Crippen LogP) is 22.7. The Hall–Kier alpha value is -9.00. The summed E-state index contributed by atoms with van der Waals surface area (Å²) < 4.78 is 180. The predicted molar refractivity (Wildman–Crippen MR) is 440 cm³/mol. The van der Waals surface area contributed by atoms with Crippen LogP contribution in [0.5, 0.6) is 23.0 Å². The van der Waals surface area contributed by atoms with Gasteiger partial charge in [-0.25, -0.2) is 0 Å². The summed E-state index contributed by atoms with van der Waals surface area (Å²) in [6.07, 6.45) is -13.2. The van der Waals surface area contributed by atoms with Crippen molar-refractivity contribution in [3.8, 4) is 23.0 Å². The van der Waals surface area contributed by atoms with Gasteiger partial charge in [0, 0.05) is 68.6 Å². The number of halogens is 16. The van der Waals surface area contributed by atoms with Crippen LogP contribution in [0.15, 0.2) is 146 Å². The van der Waals surface area contributed by atoms with Gasteiger partial charge in [-0.3, -0.25) is 29.0 Å². The quantitative estimate of drug-likeness (QED) is 0.0285. The largest absolute Gasteiger partial charge is 0.493 e. The zero-order valence-electron chi connectivity index (χ0n) is 66.7. The van der Waals surface area contributed by atoms with Gasteiger partial charge in [0.2, 0.25) is 0 Å². The minimum Gasteiger partial charge on any atom is -0.493 e. The van der Waals surface area contributed by atoms with Crippen LogP contribution in [0, 0.1) is 33.6 Å². The van der Waals surface area contributed by atoms with E-state index in [-0.39, 0.29) is 22.7 Å². The number of piperidine rings is 1. The monoisotopic (exact) mass is 1740 g/mol. The zero-order chi connectivity index (χ0) is 86.8. The van der Waals surface area contributed by atoms with E-state index in [0.29, 0.717) is 99.9 Å². The molecule has 4 N–H and O–H groups in total. The molecule has 118 heavy (non-hydrogen) atoms. The fourth-order valence-electron chi connectivity index (χ4n) is 12.5. The molecule has 0 saturated carbocycles. The van der Waals surface area contributed by atoms with Crippen molar-refractivity contribution in [1.82, 2.24) is 19.6 Å². The molecule has 2 aliphatic rings. The number of carbonyl (C=O) groups excluding carboxylic acids is 4. The number of carbonyl (C=O) groups is 4. The van der Waals surface area contributed by atoms with Crippen LogP contribution in [-0.2, 0) is 24.7 Å². The van der Waals surface area contributed by atoms with Crippen LogP contribution >= 0.6 is 46.4 Å². The average molecular weight is 1740 g/mol. The van der Waals surface area contributed by atoms with Crippen molar-refractivity contribution in [2.24, 2.45) is 5.92 Å². The van der Waals surface area contributed by atoms with Gasteiger partial charge >= 0.3 is 24.7 Å². The van der Waals surface area contributed by atoms with Crippen LogP contribution in [0.4, 0.5) is 75.4 Å². The third kappa shape index (κ3) is 29.5. The summed E-state index contributed by atoms with van der Waals surface area (Å²) in [6, 6.07) is 33.9. The summed E-state index contributed by atoms with van der Waals surface area (Å²) >= 11 is 22.6. The van der Waals surface area contributed by atoms with Gasteiger partial charge in [0.05, 0.1) is 77.8 Å². The Kier molecular flexibility index (Phi) is 36.6. The van der Waals surface area contributed by atoms with Crippen molar-refractivity contribution in [3.05, 3.63) is 232 Å². The highest BCUT2D eigenvalue weighted by Crippen LogP contribution is 2.41. The van der Waals surface area contributed by atoms with Crippen LogP contribution in [0.3, 0.4) is 0 Å². The second-order valence-corrected chi connectivity index (χ2v) is 30.0. The number of ether oxygens (including phenoxy) is 4. The van der Waals surface area contributed by atoms with Crippen molar-refractivity contribution in [3.63, 3.8) is 0 Å². The number of hydrogen-bond donors (Lipinski definition) is 4. The molecule has 2 saturated heterocycles. The minimum atomic E-state index is -4.61. The Morgan fingerprint density at radius 2 is 0.678 bits per heavy atom. The molecule has 0 radical (unpaired) electrons. The van der Waals surface area contributed by atoms with Crippen LogP contribution < -0.4 is 40.2 Å². The smallest absolute Gasteiger partial charge is 0.417 e. The van der Waals surface area contributed by atoms with Gasteiger partial charge in [-0.05, 0) is 212 Å². The number of likely N-dealkylation sites (N-methyl/N-ethyl adjacent to an activating group) is 1. The second kappa shape index (κ2) is 44.9. The molecule has 32 heteroatoms. The molecule has 8 aromatic rings. The molecular formula is C86H96Cl4F12N8O8. The maximum absolute atomic E-state index is 13.1. The molecule has 16 nitrogen and oxygen atoms in total. The van der Waals surface area contributed by atoms with Gasteiger partial charge < -0.3 is 50.0 Å².